The summed E-state index contributed by atoms with van der Waals surface area (Å²) in [6.45, 7) is 0.674. The summed E-state index contributed by atoms with van der Waals surface area (Å²) in [6.07, 6.45) is 2.38. The Bertz CT molecular complexity index is 828. The van der Waals surface area contributed by atoms with E-state index in [1.165, 1.54) is 11.3 Å². The van der Waals surface area contributed by atoms with E-state index in [-0.39, 0.29) is 18.2 Å². The molecule has 23 heavy (non-hydrogen) atoms. The van der Waals surface area contributed by atoms with Gasteiger partial charge in [0.1, 0.15) is 0 Å². The van der Waals surface area contributed by atoms with Crippen LogP contribution in [0.1, 0.15) is 23.7 Å². The van der Waals surface area contributed by atoms with Crippen LogP contribution in [0.15, 0.2) is 52.8 Å². The van der Waals surface area contributed by atoms with Gasteiger partial charge in [-0.25, -0.2) is 4.98 Å². The van der Waals surface area contributed by atoms with Crippen molar-refractivity contribution in [2.24, 2.45) is 0 Å². The molecule has 3 rings (SSSR count). The summed E-state index contributed by atoms with van der Waals surface area (Å²) in [4.78, 5) is 19.5. The molecule has 0 bridgehead atoms. The number of benzene rings is 1. The Morgan fingerprint density at radius 3 is 2.87 bits per heavy atom. The fraction of sp³-hybridized carbons (Fsp3) is 0.294. The largest absolute Gasteiger partial charge is 0.396 e. The molecular formula is C17H19N3O2S. The van der Waals surface area contributed by atoms with Crippen molar-refractivity contribution in [2.75, 3.05) is 13.7 Å². The summed E-state index contributed by atoms with van der Waals surface area (Å²) in [5.74, 6) is 0. The molecule has 1 atom stereocenters. The van der Waals surface area contributed by atoms with Gasteiger partial charge in [0, 0.05) is 36.8 Å². The van der Waals surface area contributed by atoms with Gasteiger partial charge in [0.25, 0.3) is 5.56 Å². The zero-order chi connectivity index (χ0) is 16.2. The van der Waals surface area contributed by atoms with Crippen molar-refractivity contribution in [2.45, 2.75) is 19.0 Å². The highest BCUT2D eigenvalue weighted by Gasteiger charge is 2.17. The Morgan fingerprint density at radius 2 is 2.13 bits per heavy atom. The first kappa shape index (κ1) is 15.9. The first-order valence-electron chi connectivity index (χ1n) is 7.51. The molecule has 3 aromatic rings. The van der Waals surface area contributed by atoms with Crippen LogP contribution < -0.4 is 5.56 Å². The quantitative estimate of drug-likeness (QED) is 0.754. The molecule has 1 N–H and O–H groups in total. The number of thiazole rings is 1. The van der Waals surface area contributed by atoms with Gasteiger partial charge in [-0.2, -0.15) is 0 Å². The van der Waals surface area contributed by atoms with Crippen molar-refractivity contribution in [1.82, 2.24) is 14.3 Å². The lowest BCUT2D eigenvalue weighted by Gasteiger charge is -2.27. The fourth-order valence-corrected chi connectivity index (χ4v) is 3.51. The Morgan fingerprint density at radius 1 is 1.35 bits per heavy atom. The molecule has 0 radical (unpaired) electrons. The van der Waals surface area contributed by atoms with Crippen molar-refractivity contribution in [3.05, 3.63) is 69.6 Å². The molecule has 0 amide bonds. The predicted octanol–water partition coefficient (Wildman–Crippen LogP) is 2.31. The smallest absolute Gasteiger partial charge is 0.258 e. The topological polar surface area (TPSA) is 57.8 Å². The van der Waals surface area contributed by atoms with Gasteiger partial charge in [0.05, 0.1) is 5.69 Å². The normalized spacial score (nSPS) is 12.8. The molecule has 0 aliphatic rings. The first-order valence-corrected chi connectivity index (χ1v) is 8.39. The molecule has 2 aromatic heterocycles. The lowest BCUT2D eigenvalue weighted by Crippen LogP contribution is -2.26. The molecule has 6 heteroatoms. The van der Waals surface area contributed by atoms with E-state index in [4.69, 9.17) is 0 Å². The Balaban J connectivity index is 1.85. The average Bonchev–Trinajstić information content (AvgIpc) is 3.02. The van der Waals surface area contributed by atoms with E-state index in [1.807, 2.05) is 30.6 Å². The summed E-state index contributed by atoms with van der Waals surface area (Å²) < 4.78 is 1.55. The van der Waals surface area contributed by atoms with E-state index in [2.05, 4.69) is 22.0 Å². The Hall–Kier alpha value is -2.02. The Kier molecular flexibility index (Phi) is 4.85. The zero-order valence-corrected chi connectivity index (χ0v) is 13.7. The number of rotatable bonds is 6. The molecule has 5 nitrogen and oxygen atoms in total. The van der Waals surface area contributed by atoms with Gasteiger partial charge in [-0.05, 0) is 19.0 Å². The third kappa shape index (κ3) is 3.50. The fourth-order valence-electron chi connectivity index (χ4n) is 2.77. The molecule has 0 saturated heterocycles. The lowest BCUT2D eigenvalue weighted by molar-refractivity contribution is 0.178. The second kappa shape index (κ2) is 7.04. The minimum Gasteiger partial charge on any atom is -0.396 e. The van der Waals surface area contributed by atoms with Crippen molar-refractivity contribution < 1.29 is 5.11 Å². The number of fused-ring (bicyclic) bond motifs is 1. The van der Waals surface area contributed by atoms with Crippen molar-refractivity contribution in [3.8, 4) is 0 Å². The highest BCUT2D eigenvalue weighted by atomic mass is 32.1. The standard InChI is InChI=1S/C17H19N3O2S/c1-19(15(7-9-21)13-5-3-2-4-6-13)12-14-11-16(22)20-8-10-23-17(20)18-14/h2-6,8,10-11,15,21H,7,9,12H2,1H3. The van der Waals surface area contributed by atoms with E-state index in [1.54, 1.807) is 16.7 Å². The number of hydrogen-bond acceptors (Lipinski definition) is 5. The van der Waals surface area contributed by atoms with Crippen LogP contribution in [0.4, 0.5) is 0 Å². The number of nitrogens with zero attached hydrogens (tertiary/aromatic N) is 3. The van der Waals surface area contributed by atoms with Gasteiger partial charge >= 0.3 is 0 Å². The summed E-state index contributed by atoms with van der Waals surface area (Å²) >= 11 is 1.45. The maximum absolute atomic E-state index is 12.1. The van der Waals surface area contributed by atoms with Crippen LogP contribution in [0.25, 0.3) is 4.96 Å². The first-order chi connectivity index (χ1) is 11.2. The molecule has 0 spiro atoms. The van der Waals surface area contributed by atoms with Crippen molar-refractivity contribution >= 4 is 16.3 Å². The second-order valence-electron chi connectivity index (χ2n) is 5.50. The molecular weight excluding hydrogens is 310 g/mol. The Labute approximate surface area is 138 Å². The molecule has 1 aromatic carbocycles. The molecule has 1 unspecified atom stereocenters. The van der Waals surface area contributed by atoms with Crippen molar-refractivity contribution in [1.29, 1.82) is 0 Å². The van der Waals surface area contributed by atoms with Crippen LogP contribution in [-0.2, 0) is 6.54 Å². The molecule has 0 aliphatic carbocycles. The molecule has 2 heterocycles. The highest BCUT2D eigenvalue weighted by molar-refractivity contribution is 7.15. The van der Waals surface area contributed by atoms with Crippen LogP contribution in [0.3, 0.4) is 0 Å². The summed E-state index contributed by atoms with van der Waals surface area (Å²) in [7, 11) is 1.99. The van der Waals surface area contributed by atoms with Gasteiger partial charge in [0.2, 0.25) is 0 Å². The van der Waals surface area contributed by atoms with Crippen molar-refractivity contribution in [3.63, 3.8) is 0 Å². The maximum Gasteiger partial charge on any atom is 0.258 e. The SMILES string of the molecule is CN(Cc1cc(=O)n2ccsc2n1)C(CCO)c1ccccc1. The third-order valence-corrected chi connectivity index (χ3v) is 4.64. The lowest BCUT2D eigenvalue weighted by atomic mass is 10.0. The molecule has 0 aliphatic heterocycles. The zero-order valence-electron chi connectivity index (χ0n) is 12.9. The third-order valence-electron chi connectivity index (χ3n) is 3.89. The molecule has 0 saturated carbocycles. The number of aliphatic hydroxyl groups excluding tert-OH is 1. The van der Waals surface area contributed by atoms with Gasteiger partial charge in [0.15, 0.2) is 4.96 Å². The van der Waals surface area contributed by atoms with Crippen LogP contribution in [-0.4, -0.2) is 33.0 Å². The minimum atomic E-state index is -0.0573. The average molecular weight is 329 g/mol. The number of aliphatic hydroxyl groups is 1. The monoisotopic (exact) mass is 329 g/mol. The summed E-state index contributed by atoms with van der Waals surface area (Å²) in [5.41, 5.74) is 1.84. The summed E-state index contributed by atoms with van der Waals surface area (Å²) in [5, 5.41) is 11.2. The predicted molar refractivity (Wildman–Crippen MR) is 91.7 cm³/mol. The van der Waals surface area contributed by atoms with Crippen LogP contribution >= 0.6 is 11.3 Å². The van der Waals surface area contributed by atoms with Gasteiger partial charge in [-0.1, -0.05) is 30.3 Å². The number of aromatic nitrogens is 2. The van der Waals surface area contributed by atoms with E-state index < -0.39 is 0 Å². The van der Waals surface area contributed by atoms with E-state index in [0.29, 0.717) is 17.9 Å². The van der Waals surface area contributed by atoms with Crippen LogP contribution in [0, 0.1) is 0 Å². The highest BCUT2D eigenvalue weighted by Crippen LogP contribution is 2.24. The van der Waals surface area contributed by atoms with E-state index in [0.717, 1.165) is 11.3 Å². The van der Waals surface area contributed by atoms with E-state index >= 15 is 0 Å². The molecule has 120 valence electrons. The second-order valence-corrected chi connectivity index (χ2v) is 6.37. The minimum absolute atomic E-state index is 0.0573. The maximum atomic E-state index is 12.1. The number of hydrogen-bond donors (Lipinski definition) is 1. The summed E-state index contributed by atoms with van der Waals surface area (Å²) in [6, 6.07) is 11.8. The molecule has 0 fully saturated rings. The van der Waals surface area contributed by atoms with Gasteiger partial charge in [-0.15, -0.1) is 11.3 Å². The van der Waals surface area contributed by atoms with E-state index in [9.17, 15) is 9.90 Å². The van der Waals surface area contributed by atoms with Crippen LogP contribution in [0.2, 0.25) is 0 Å². The van der Waals surface area contributed by atoms with Gasteiger partial charge < -0.3 is 5.11 Å². The van der Waals surface area contributed by atoms with Crippen LogP contribution in [0.5, 0.6) is 0 Å². The van der Waals surface area contributed by atoms with Gasteiger partial charge in [-0.3, -0.25) is 14.1 Å².